The Labute approximate surface area is 166 Å². The second-order valence-corrected chi connectivity index (χ2v) is 6.98. The van der Waals surface area contributed by atoms with Crippen LogP contribution in [0.5, 0.6) is 0 Å². The molecule has 0 radical (unpaired) electrons. The number of benzene rings is 2. The number of primary amides is 1. The average Bonchev–Trinajstić information content (AvgIpc) is 2.69. The van der Waals surface area contributed by atoms with E-state index in [1.54, 1.807) is 43.3 Å². The highest BCUT2D eigenvalue weighted by atomic mass is 32.2. The first-order valence-corrected chi connectivity index (χ1v) is 9.45. The Morgan fingerprint density at radius 2 is 1.79 bits per heavy atom. The molecule has 7 heteroatoms. The van der Waals surface area contributed by atoms with Crippen molar-refractivity contribution in [3.05, 3.63) is 71.1 Å². The van der Waals surface area contributed by atoms with Crippen molar-refractivity contribution in [1.29, 1.82) is 0 Å². The van der Waals surface area contributed by atoms with Crippen molar-refractivity contribution in [2.45, 2.75) is 11.8 Å². The number of nitrogens with two attached hydrogens (primary N) is 1. The fourth-order valence-corrected chi connectivity index (χ4v) is 3.73. The van der Waals surface area contributed by atoms with E-state index in [0.29, 0.717) is 16.2 Å². The third-order valence-electron chi connectivity index (χ3n) is 3.98. The molecule has 2 aromatic rings. The van der Waals surface area contributed by atoms with Crippen molar-refractivity contribution < 1.29 is 19.1 Å². The van der Waals surface area contributed by atoms with Gasteiger partial charge in [0.25, 0.3) is 0 Å². The monoisotopic (exact) mass is 394 g/mol. The van der Waals surface area contributed by atoms with E-state index in [0.717, 1.165) is 4.90 Å². The number of carbonyl (C=O) groups is 3. The predicted molar refractivity (Wildman–Crippen MR) is 108 cm³/mol. The SMILES string of the molecule is CCOC(=O)C(C(N)=O)C1=Nc2ccccc2S/C1=C\C(=O)c1ccccc1. The lowest BCUT2D eigenvalue weighted by atomic mass is 10.00. The lowest BCUT2D eigenvalue weighted by Gasteiger charge is -2.22. The smallest absolute Gasteiger partial charge is 0.324 e. The number of amides is 1. The summed E-state index contributed by atoms with van der Waals surface area (Å²) in [5.74, 6) is -3.32. The van der Waals surface area contributed by atoms with E-state index in [1.165, 1.54) is 17.8 Å². The summed E-state index contributed by atoms with van der Waals surface area (Å²) in [6.45, 7) is 1.74. The van der Waals surface area contributed by atoms with Crippen LogP contribution in [0.3, 0.4) is 0 Å². The van der Waals surface area contributed by atoms with Gasteiger partial charge in [0.05, 0.1) is 18.0 Å². The molecule has 1 heterocycles. The summed E-state index contributed by atoms with van der Waals surface area (Å²) >= 11 is 1.26. The van der Waals surface area contributed by atoms with Crippen LogP contribution in [0.2, 0.25) is 0 Å². The van der Waals surface area contributed by atoms with Crippen molar-refractivity contribution in [3.8, 4) is 0 Å². The van der Waals surface area contributed by atoms with Crippen LogP contribution in [-0.2, 0) is 14.3 Å². The molecule has 0 saturated heterocycles. The topological polar surface area (TPSA) is 98.8 Å². The molecular formula is C21H18N2O4S. The van der Waals surface area contributed by atoms with Crippen molar-refractivity contribution in [2.24, 2.45) is 16.6 Å². The van der Waals surface area contributed by atoms with Gasteiger partial charge in [-0.3, -0.25) is 14.4 Å². The zero-order chi connectivity index (χ0) is 20.1. The van der Waals surface area contributed by atoms with E-state index in [1.807, 2.05) is 18.2 Å². The second kappa shape index (κ2) is 8.67. The molecule has 1 aliphatic heterocycles. The Morgan fingerprint density at radius 1 is 1.11 bits per heavy atom. The first-order chi connectivity index (χ1) is 13.5. The van der Waals surface area contributed by atoms with Crippen LogP contribution in [0.25, 0.3) is 0 Å². The van der Waals surface area contributed by atoms with Crippen molar-refractivity contribution in [1.82, 2.24) is 0 Å². The van der Waals surface area contributed by atoms with Gasteiger partial charge >= 0.3 is 5.97 Å². The minimum absolute atomic E-state index is 0.0988. The lowest BCUT2D eigenvalue weighted by molar-refractivity contribution is -0.148. The molecule has 2 aromatic carbocycles. The van der Waals surface area contributed by atoms with Crippen LogP contribution in [0, 0.1) is 5.92 Å². The molecule has 1 amide bonds. The zero-order valence-electron chi connectivity index (χ0n) is 15.1. The van der Waals surface area contributed by atoms with Crippen LogP contribution in [-0.4, -0.2) is 30.0 Å². The fourth-order valence-electron chi connectivity index (χ4n) is 2.69. The number of ketones is 1. The van der Waals surface area contributed by atoms with Crippen molar-refractivity contribution in [3.63, 3.8) is 0 Å². The maximum Gasteiger partial charge on any atom is 0.324 e. The van der Waals surface area contributed by atoms with Gasteiger partial charge in [-0.05, 0) is 19.1 Å². The molecule has 6 nitrogen and oxygen atoms in total. The Bertz CT molecular complexity index is 983. The highest BCUT2D eigenvalue weighted by Crippen LogP contribution is 2.41. The maximum absolute atomic E-state index is 12.7. The van der Waals surface area contributed by atoms with E-state index in [-0.39, 0.29) is 18.1 Å². The van der Waals surface area contributed by atoms with Crippen LogP contribution in [0.1, 0.15) is 17.3 Å². The lowest BCUT2D eigenvalue weighted by Crippen LogP contribution is -2.39. The Kier molecular flexibility index (Phi) is 6.06. The number of carbonyl (C=O) groups excluding carboxylic acids is 3. The molecule has 0 aliphatic carbocycles. The average molecular weight is 394 g/mol. The predicted octanol–water partition coefficient (Wildman–Crippen LogP) is 3.30. The summed E-state index contributed by atoms with van der Waals surface area (Å²) in [5, 5.41) is 0. The van der Waals surface area contributed by atoms with Gasteiger partial charge in [0, 0.05) is 21.4 Å². The minimum Gasteiger partial charge on any atom is -0.465 e. The summed E-state index contributed by atoms with van der Waals surface area (Å²) in [4.78, 5) is 42.8. The maximum atomic E-state index is 12.7. The van der Waals surface area contributed by atoms with E-state index >= 15 is 0 Å². The molecule has 1 atom stereocenters. The number of hydrogen-bond acceptors (Lipinski definition) is 6. The van der Waals surface area contributed by atoms with E-state index < -0.39 is 17.8 Å². The summed E-state index contributed by atoms with van der Waals surface area (Å²) < 4.78 is 5.00. The largest absolute Gasteiger partial charge is 0.465 e. The molecule has 0 spiro atoms. The molecule has 0 bridgehead atoms. The van der Waals surface area contributed by atoms with Gasteiger partial charge < -0.3 is 10.5 Å². The third kappa shape index (κ3) is 4.20. The molecule has 3 rings (SSSR count). The van der Waals surface area contributed by atoms with Gasteiger partial charge in [-0.25, -0.2) is 4.99 Å². The number of nitrogens with zero attached hydrogens (tertiary/aromatic N) is 1. The normalized spacial score (nSPS) is 15.3. The third-order valence-corrected chi connectivity index (χ3v) is 5.09. The Balaban J connectivity index is 2.09. The molecule has 0 fully saturated rings. The molecule has 2 N–H and O–H groups in total. The molecule has 1 aliphatic rings. The highest BCUT2D eigenvalue weighted by molar-refractivity contribution is 8.04. The summed E-state index contributed by atoms with van der Waals surface area (Å²) in [6.07, 6.45) is 1.38. The minimum atomic E-state index is -1.39. The number of aliphatic imine (C=N–C) groups is 1. The summed E-state index contributed by atoms with van der Waals surface area (Å²) in [7, 11) is 0. The zero-order valence-corrected chi connectivity index (χ0v) is 15.9. The molecule has 28 heavy (non-hydrogen) atoms. The van der Waals surface area contributed by atoms with Crippen LogP contribution in [0.15, 0.2) is 75.5 Å². The summed E-state index contributed by atoms with van der Waals surface area (Å²) in [5.41, 5.74) is 6.69. The number of allylic oxidation sites excluding steroid dienone is 2. The van der Waals surface area contributed by atoms with E-state index in [4.69, 9.17) is 10.5 Å². The number of hydrogen-bond donors (Lipinski definition) is 1. The quantitative estimate of drug-likeness (QED) is 0.351. The van der Waals surface area contributed by atoms with Crippen LogP contribution >= 0.6 is 11.8 Å². The van der Waals surface area contributed by atoms with Gasteiger partial charge in [0.15, 0.2) is 11.7 Å². The Hall–Kier alpha value is -3.19. The molecule has 0 aromatic heterocycles. The number of fused-ring (bicyclic) bond motifs is 1. The van der Waals surface area contributed by atoms with E-state index in [9.17, 15) is 14.4 Å². The number of rotatable bonds is 6. The summed E-state index contributed by atoms with van der Waals surface area (Å²) in [6, 6.07) is 16.0. The van der Waals surface area contributed by atoms with Crippen LogP contribution in [0.4, 0.5) is 5.69 Å². The fraction of sp³-hybridized carbons (Fsp3) is 0.143. The number of thioether (sulfide) groups is 1. The van der Waals surface area contributed by atoms with Crippen LogP contribution < -0.4 is 5.73 Å². The van der Waals surface area contributed by atoms with E-state index in [2.05, 4.69) is 4.99 Å². The molecular weight excluding hydrogens is 376 g/mol. The first-order valence-electron chi connectivity index (χ1n) is 8.64. The highest BCUT2D eigenvalue weighted by Gasteiger charge is 2.36. The van der Waals surface area contributed by atoms with Gasteiger partial charge in [0.2, 0.25) is 5.91 Å². The molecule has 1 unspecified atom stereocenters. The standard InChI is InChI=1S/C21H18N2O4S/c1-2-27-21(26)18(20(22)25)19-17(12-15(24)13-8-4-3-5-9-13)28-16-11-7-6-10-14(16)23-19/h3-12,18H,2H2,1H3,(H2,22,25)/b17-12-. The molecule has 142 valence electrons. The molecule has 0 saturated carbocycles. The van der Waals surface area contributed by atoms with Gasteiger partial charge in [-0.15, -0.1) is 0 Å². The number of para-hydroxylation sites is 1. The van der Waals surface area contributed by atoms with Crippen molar-refractivity contribution in [2.75, 3.05) is 6.61 Å². The first kappa shape index (κ1) is 19.6. The second-order valence-electron chi connectivity index (χ2n) is 5.89. The number of esters is 1. The van der Waals surface area contributed by atoms with Gasteiger partial charge in [-0.1, -0.05) is 54.2 Å². The van der Waals surface area contributed by atoms with Gasteiger partial charge in [-0.2, -0.15) is 0 Å². The van der Waals surface area contributed by atoms with Crippen molar-refractivity contribution >= 4 is 40.8 Å². The number of ether oxygens (including phenoxy) is 1. The van der Waals surface area contributed by atoms with Gasteiger partial charge in [0.1, 0.15) is 0 Å². The Morgan fingerprint density at radius 3 is 2.46 bits per heavy atom.